The molecule has 0 aromatic carbocycles. The number of carbonyl (C=O) groups excluding carboxylic acids is 2. The van der Waals surface area contributed by atoms with Crippen LogP contribution >= 0.6 is 12.2 Å². The first-order valence-corrected chi connectivity index (χ1v) is 7.76. The van der Waals surface area contributed by atoms with Crippen molar-refractivity contribution in [3.05, 3.63) is 60.6 Å². The van der Waals surface area contributed by atoms with Gasteiger partial charge in [0, 0.05) is 12.1 Å². The lowest BCUT2D eigenvalue weighted by molar-refractivity contribution is -0.128. The minimum atomic E-state index is -0.515. The Morgan fingerprint density at radius 1 is 1.54 bits per heavy atom. The van der Waals surface area contributed by atoms with E-state index in [-0.39, 0.29) is 23.5 Å². The highest BCUT2D eigenvalue weighted by Gasteiger charge is 2.34. The van der Waals surface area contributed by atoms with Gasteiger partial charge in [0.05, 0.1) is 24.4 Å². The highest BCUT2D eigenvalue weighted by Crippen LogP contribution is 2.22. The van der Waals surface area contributed by atoms with Crippen LogP contribution < -0.4 is 5.32 Å². The third-order valence-electron chi connectivity index (χ3n) is 3.66. The number of thiocarbonyl (C=S) groups is 1. The Hall–Kier alpha value is -2.80. The predicted octanol–water partition coefficient (Wildman–Crippen LogP) is 1.76. The summed E-state index contributed by atoms with van der Waals surface area (Å²) in [5.74, 6) is -0.283. The Bertz CT molecular complexity index is 790. The summed E-state index contributed by atoms with van der Waals surface area (Å²) in [4.78, 5) is 30.3. The summed E-state index contributed by atoms with van der Waals surface area (Å²) in [6, 6.07) is 3.53. The zero-order chi connectivity index (χ0) is 17.1. The summed E-state index contributed by atoms with van der Waals surface area (Å²) in [6.07, 6.45) is 8.03. The van der Waals surface area contributed by atoms with Crippen LogP contribution in [0.15, 0.2) is 64.3 Å². The number of amides is 2. The first kappa shape index (κ1) is 16.1. The molecular formula is C17H15N3O3S. The molecule has 1 unspecified atom stereocenters. The zero-order valence-corrected chi connectivity index (χ0v) is 13.6. The summed E-state index contributed by atoms with van der Waals surface area (Å²) in [6.45, 7) is 4.22. The molecule has 3 rings (SSSR count). The molecule has 0 fully saturated rings. The first-order valence-electron chi connectivity index (χ1n) is 7.35. The van der Waals surface area contributed by atoms with Crippen molar-refractivity contribution in [1.82, 2.24) is 10.2 Å². The van der Waals surface area contributed by atoms with Crippen molar-refractivity contribution in [2.45, 2.75) is 6.54 Å². The lowest BCUT2D eigenvalue weighted by Gasteiger charge is -2.30. The van der Waals surface area contributed by atoms with Crippen molar-refractivity contribution < 1.29 is 14.0 Å². The Labute approximate surface area is 144 Å². The Balaban J connectivity index is 1.75. The van der Waals surface area contributed by atoms with Gasteiger partial charge in [0.1, 0.15) is 5.76 Å². The van der Waals surface area contributed by atoms with E-state index in [1.807, 2.05) is 0 Å². The van der Waals surface area contributed by atoms with Crippen LogP contribution in [0.4, 0.5) is 0 Å². The number of furan rings is 1. The minimum Gasteiger partial charge on any atom is -0.467 e. The number of carbonyl (C=O) groups is 2. The van der Waals surface area contributed by atoms with E-state index in [0.717, 1.165) is 0 Å². The number of rotatable bonds is 5. The van der Waals surface area contributed by atoms with Crippen LogP contribution in [0.2, 0.25) is 0 Å². The van der Waals surface area contributed by atoms with Gasteiger partial charge in [-0.2, -0.15) is 0 Å². The number of hydrogen-bond donors (Lipinski definition) is 1. The van der Waals surface area contributed by atoms with Crippen molar-refractivity contribution in [3.63, 3.8) is 0 Å². The fraction of sp³-hybridized carbons (Fsp3) is 0.176. The number of nitrogens with one attached hydrogen (secondary N) is 1. The quantitative estimate of drug-likeness (QED) is 0.654. The molecule has 0 saturated carbocycles. The van der Waals surface area contributed by atoms with E-state index in [2.05, 4.69) is 16.9 Å². The van der Waals surface area contributed by atoms with E-state index in [4.69, 9.17) is 16.6 Å². The molecule has 0 saturated heterocycles. The lowest BCUT2D eigenvalue weighted by Crippen LogP contribution is -2.46. The van der Waals surface area contributed by atoms with Crippen LogP contribution in [-0.4, -0.2) is 34.1 Å². The van der Waals surface area contributed by atoms with Crippen LogP contribution in [0.1, 0.15) is 5.76 Å². The molecule has 1 aliphatic carbocycles. The van der Waals surface area contributed by atoms with Gasteiger partial charge in [-0.1, -0.05) is 18.2 Å². The largest absolute Gasteiger partial charge is 0.467 e. The zero-order valence-electron chi connectivity index (χ0n) is 12.8. The predicted molar refractivity (Wildman–Crippen MR) is 93.2 cm³/mol. The van der Waals surface area contributed by atoms with E-state index in [1.54, 1.807) is 42.7 Å². The summed E-state index contributed by atoms with van der Waals surface area (Å²) >= 11 is 5.15. The number of allylic oxidation sites excluding steroid dienone is 1. The van der Waals surface area contributed by atoms with Crippen molar-refractivity contribution >= 4 is 34.9 Å². The summed E-state index contributed by atoms with van der Waals surface area (Å²) in [5.41, 5.74) is 0.903. The molecule has 2 heterocycles. The molecule has 2 aliphatic rings. The van der Waals surface area contributed by atoms with Crippen molar-refractivity contribution in [2.75, 3.05) is 6.54 Å². The first-order chi connectivity index (χ1) is 11.6. The Morgan fingerprint density at radius 3 is 3.08 bits per heavy atom. The molecule has 0 bridgehead atoms. The molecule has 24 heavy (non-hydrogen) atoms. The fourth-order valence-corrected chi connectivity index (χ4v) is 2.73. The van der Waals surface area contributed by atoms with Crippen LogP contribution in [0, 0.1) is 5.92 Å². The van der Waals surface area contributed by atoms with Crippen molar-refractivity contribution in [3.8, 4) is 0 Å². The van der Waals surface area contributed by atoms with Crippen molar-refractivity contribution in [1.29, 1.82) is 0 Å². The van der Waals surface area contributed by atoms with Gasteiger partial charge in [-0.3, -0.25) is 14.5 Å². The molecule has 1 atom stereocenters. The monoisotopic (exact) mass is 341 g/mol. The van der Waals surface area contributed by atoms with E-state index in [9.17, 15) is 9.59 Å². The maximum Gasteiger partial charge on any atom is 0.251 e. The van der Waals surface area contributed by atoms with E-state index in [0.29, 0.717) is 23.6 Å². The Morgan fingerprint density at radius 2 is 2.38 bits per heavy atom. The average Bonchev–Trinajstić information content (AvgIpc) is 3.09. The maximum atomic E-state index is 12.4. The topological polar surface area (TPSA) is 74.9 Å². The fourth-order valence-electron chi connectivity index (χ4n) is 2.46. The average molecular weight is 341 g/mol. The van der Waals surface area contributed by atoms with Gasteiger partial charge in [-0.05, 0) is 30.4 Å². The van der Waals surface area contributed by atoms with Crippen LogP contribution in [0.25, 0.3) is 0 Å². The SMILES string of the molecule is C=CCN1C(=O)C2C=CC(C(=O)NCc3ccco3)=CC2=NC1=S. The number of fused-ring (bicyclic) bond motifs is 1. The van der Waals surface area contributed by atoms with Crippen LogP contribution in [0.3, 0.4) is 0 Å². The highest BCUT2D eigenvalue weighted by atomic mass is 32.1. The lowest BCUT2D eigenvalue weighted by atomic mass is 9.91. The van der Waals surface area contributed by atoms with Gasteiger partial charge >= 0.3 is 0 Å². The van der Waals surface area contributed by atoms with E-state index in [1.165, 1.54) is 4.90 Å². The van der Waals surface area contributed by atoms with Gasteiger partial charge < -0.3 is 9.73 Å². The summed E-state index contributed by atoms with van der Waals surface area (Å²) in [5, 5.41) is 2.94. The van der Waals surface area contributed by atoms with E-state index < -0.39 is 5.92 Å². The molecule has 122 valence electrons. The summed E-state index contributed by atoms with van der Waals surface area (Å²) < 4.78 is 5.17. The molecule has 0 spiro atoms. The third kappa shape index (κ3) is 3.11. The molecule has 1 aliphatic heterocycles. The second kappa shape index (κ2) is 6.76. The number of aliphatic imine (C=N–C) groups is 1. The maximum absolute atomic E-state index is 12.4. The van der Waals surface area contributed by atoms with Crippen molar-refractivity contribution in [2.24, 2.45) is 10.9 Å². The van der Waals surface area contributed by atoms with Crippen LogP contribution in [0.5, 0.6) is 0 Å². The standard InChI is InChI=1S/C17H15N3O3S/c1-2-7-20-16(22)13-6-5-11(9-14(13)19-17(20)24)15(21)18-10-12-4-3-8-23-12/h2-6,8-9,13H,1,7,10H2,(H,18,21). The van der Waals surface area contributed by atoms with E-state index >= 15 is 0 Å². The molecule has 0 radical (unpaired) electrons. The van der Waals surface area contributed by atoms with Crippen LogP contribution in [-0.2, 0) is 16.1 Å². The third-order valence-corrected chi connectivity index (χ3v) is 3.97. The smallest absolute Gasteiger partial charge is 0.251 e. The second-order valence-corrected chi connectivity index (χ2v) is 5.62. The number of hydrogen-bond acceptors (Lipinski definition) is 4. The normalized spacial score (nSPS) is 19.5. The molecule has 7 heteroatoms. The van der Waals surface area contributed by atoms with Gasteiger partial charge in [0.25, 0.3) is 5.91 Å². The molecule has 1 N–H and O–H groups in total. The summed E-state index contributed by atoms with van der Waals surface area (Å²) in [7, 11) is 0. The Kier molecular flexibility index (Phi) is 4.52. The van der Waals surface area contributed by atoms with Gasteiger partial charge in [-0.25, -0.2) is 4.99 Å². The van der Waals surface area contributed by atoms with Gasteiger partial charge in [0.2, 0.25) is 11.0 Å². The molecule has 1 aromatic rings. The van der Waals surface area contributed by atoms with Gasteiger partial charge in [-0.15, -0.1) is 6.58 Å². The number of nitrogens with zero attached hydrogens (tertiary/aromatic N) is 2. The molecule has 1 aromatic heterocycles. The van der Waals surface area contributed by atoms with Gasteiger partial charge in [0.15, 0.2) is 0 Å². The molecular weight excluding hydrogens is 326 g/mol. The highest BCUT2D eigenvalue weighted by molar-refractivity contribution is 7.80. The second-order valence-electron chi connectivity index (χ2n) is 5.26. The minimum absolute atomic E-state index is 0.160. The molecule has 6 nitrogen and oxygen atoms in total. The molecule has 2 amide bonds.